The monoisotopic (exact) mass is 401 g/mol. The first-order valence-corrected chi connectivity index (χ1v) is 11.0. The van der Waals surface area contributed by atoms with Crippen LogP contribution in [-0.4, -0.2) is 29.1 Å². The molecule has 1 fully saturated rings. The van der Waals surface area contributed by atoms with Crippen molar-refractivity contribution in [3.8, 4) is 5.88 Å². The fraction of sp³-hybridized carbons (Fsp3) is 0.571. The van der Waals surface area contributed by atoms with Crippen LogP contribution in [0.3, 0.4) is 0 Å². The Balaban J connectivity index is 1.48. The van der Waals surface area contributed by atoms with Gasteiger partial charge in [-0.25, -0.2) is 9.97 Å². The topological polar surface area (TPSA) is 71.4 Å². The van der Waals surface area contributed by atoms with Gasteiger partial charge in [0, 0.05) is 31.2 Å². The molecule has 0 aromatic carbocycles. The maximum atomic E-state index is 6.06. The average molecular weight is 402 g/mol. The van der Waals surface area contributed by atoms with Crippen LogP contribution in [0.2, 0.25) is 0 Å². The Kier molecular flexibility index (Phi) is 7.65. The standard InChI is InChI=1S/C21H31N5OS/c1-15(2)18-14-28-20(26-18)13-25-21(22-3)24-12-16-9-10-23-19(11-16)27-17-7-5-4-6-8-17/h9-11,14-15,17H,4-8,12-13H2,1-3H3,(H2,22,24,25). The molecule has 0 bridgehead atoms. The average Bonchev–Trinajstić information content (AvgIpc) is 3.19. The van der Waals surface area contributed by atoms with E-state index in [0.717, 1.165) is 40.9 Å². The van der Waals surface area contributed by atoms with Gasteiger partial charge >= 0.3 is 0 Å². The summed E-state index contributed by atoms with van der Waals surface area (Å²) in [5, 5.41) is 9.87. The molecule has 1 aliphatic rings. The summed E-state index contributed by atoms with van der Waals surface area (Å²) in [5.41, 5.74) is 2.27. The summed E-state index contributed by atoms with van der Waals surface area (Å²) < 4.78 is 6.06. The number of hydrogen-bond donors (Lipinski definition) is 2. The SMILES string of the molecule is CN=C(NCc1ccnc(OC2CCCCC2)c1)NCc1nc(C(C)C)cs1. The summed E-state index contributed by atoms with van der Waals surface area (Å²) in [4.78, 5) is 13.3. The molecule has 1 aliphatic carbocycles. The van der Waals surface area contributed by atoms with E-state index in [1.165, 1.54) is 19.3 Å². The van der Waals surface area contributed by atoms with Gasteiger partial charge in [-0.3, -0.25) is 4.99 Å². The third kappa shape index (κ3) is 6.19. The van der Waals surface area contributed by atoms with Crippen molar-refractivity contribution < 1.29 is 4.74 Å². The van der Waals surface area contributed by atoms with E-state index in [1.807, 2.05) is 18.3 Å². The number of nitrogens with one attached hydrogen (secondary N) is 2. The zero-order chi connectivity index (χ0) is 19.8. The predicted octanol–water partition coefficient (Wildman–Crippen LogP) is 4.24. The Hall–Kier alpha value is -2.15. The van der Waals surface area contributed by atoms with E-state index in [0.29, 0.717) is 25.1 Å². The first-order valence-electron chi connectivity index (χ1n) is 10.1. The lowest BCUT2D eigenvalue weighted by Crippen LogP contribution is -2.36. The van der Waals surface area contributed by atoms with Crippen molar-refractivity contribution in [1.29, 1.82) is 0 Å². The van der Waals surface area contributed by atoms with Crippen LogP contribution in [0.25, 0.3) is 0 Å². The van der Waals surface area contributed by atoms with Gasteiger partial charge in [0.15, 0.2) is 5.96 Å². The zero-order valence-electron chi connectivity index (χ0n) is 17.1. The number of aliphatic imine (C=N–C) groups is 1. The molecule has 2 aromatic rings. The highest BCUT2D eigenvalue weighted by Gasteiger charge is 2.15. The molecule has 0 spiro atoms. The van der Waals surface area contributed by atoms with Gasteiger partial charge in [-0.1, -0.05) is 20.3 Å². The molecule has 1 saturated carbocycles. The van der Waals surface area contributed by atoms with E-state index in [9.17, 15) is 0 Å². The van der Waals surface area contributed by atoms with Crippen molar-refractivity contribution in [3.63, 3.8) is 0 Å². The molecule has 2 heterocycles. The summed E-state index contributed by atoms with van der Waals surface area (Å²) in [7, 11) is 1.78. The molecule has 28 heavy (non-hydrogen) atoms. The van der Waals surface area contributed by atoms with E-state index in [-0.39, 0.29) is 0 Å². The van der Waals surface area contributed by atoms with Crippen LogP contribution in [0.1, 0.15) is 68.1 Å². The molecule has 6 nitrogen and oxygen atoms in total. The number of pyridine rings is 1. The number of ether oxygens (including phenoxy) is 1. The van der Waals surface area contributed by atoms with E-state index in [2.05, 4.69) is 44.8 Å². The van der Waals surface area contributed by atoms with Crippen molar-refractivity contribution in [3.05, 3.63) is 40.0 Å². The molecule has 0 unspecified atom stereocenters. The van der Waals surface area contributed by atoms with Crippen LogP contribution in [0.4, 0.5) is 0 Å². The van der Waals surface area contributed by atoms with Crippen LogP contribution in [0.15, 0.2) is 28.7 Å². The molecule has 2 N–H and O–H groups in total. The minimum absolute atomic E-state index is 0.313. The summed E-state index contributed by atoms with van der Waals surface area (Å²) in [6, 6.07) is 4.02. The van der Waals surface area contributed by atoms with Crippen molar-refractivity contribution in [2.75, 3.05) is 7.05 Å². The lowest BCUT2D eigenvalue weighted by atomic mass is 9.98. The summed E-state index contributed by atoms with van der Waals surface area (Å²) >= 11 is 1.68. The molecule has 0 atom stereocenters. The zero-order valence-corrected chi connectivity index (χ0v) is 17.9. The molecule has 2 aromatic heterocycles. The molecule has 3 rings (SSSR count). The minimum Gasteiger partial charge on any atom is -0.474 e. The maximum Gasteiger partial charge on any atom is 0.213 e. The quantitative estimate of drug-likeness (QED) is 0.536. The van der Waals surface area contributed by atoms with Crippen molar-refractivity contribution in [2.24, 2.45) is 4.99 Å². The van der Waals surface area contributed by atoms with Gasteiger partial charge in [0.1, 0.15) is 11.1 Å². The van der Waals surface area contributed by atoms with Gasteiger partial charge in [-0.05, 0) is 43.2 Å². The highest BCUT2D eigenvalue weighted by Crippen LogP contribution is 2.22. The van der Waals surface area contributed by atoms with Crippen LogP contribution < -0.4 is 15.4 Å². The maximum absolute atomic E-state index is 6.06. The van der Waals surface area contributed by atoms with Crippen LogP contribution in [0, 0.1) is 0 Å². The summed E-state index contributed by atoms with van der Waals surface area (Å²) in [5.74, 6) is 1.94. The molecule has 0 saturated heterocycles. The molecule has 0 radical (unpaired) electrons. The van der Waals surface area contributed by atoms with Crippen molar-refractivity contribution >= 4 is 17.3 Å². The summed E-state index contributed by atoms with van der Waals surface area (Å²) in [6.07, 6.45) is 8.23. The normalized spacial score (nSPS) is 15.6. The minimum atomic E-state index is 0.313. The number of rotatable bonds is 7. The van der Waals surface area contributed by atoms with Gasteiger partial charge in [-0.15, -0.1) is 11.3 Å². The Bertz CT molecular complexity index is 768. The van der Waals surface area contributed by atoms with Crippen LogP contribution in [0.5, 0.6) is 5.88 Å². The molecule has 0 amide bonds. The number of guanidine groups is 1. The smallest absolute Gasteiger partial charge is 0.213 e. The second-order valence-electron chi connectivity index (χ2n) is 7.48. The van der Waals surface area contributed by atoms with Gasteiger partial charge in [0.05, 0.1) is 12.2 Å². The predicted molar refractivity (Wildman–Crippen MR) is 115 cm³/mol. The number of nitrogens with zero attached hydrogens (tertiary/aromatic N) is 3. The fourth-order valence-electron chi connectivity index (χ4n) is 3.22. The fourth-order valence-corrected chi connectivity index (χ4v) is 4.11. The van der Waals surface area contributed by atoms with Gasteiger partial charge in [0.2, 0.25) is 5.88 Å². The Morgan fingerprint density at radius 1 is 1.25 bits per heavy atom. The summed E-state index contributed by atoms with van der Waals surface area (Å²) in [6.45, 7) is 5.66. The molecular weight excluding hydrogens is 370 g/mol. The molecule has 152 valence electrons. The molecule has 7 heteroatoms. The number of hydrogen-bond acceptors (Lipinski definition) is 5. The Morgan fingerprint density at radius 3 is 2.75 bits per heavy atom. The lowest BCUT2D eigenvalue weighted by Gasteiger charge is -2.22. The number of aromatic nitrogens is 2. The highest BCUT2D eigenvalue weighted by atomic mass is 32.1. The second kappa shape index (κ2) is 10.4. The lowest BCUT2D eigenvalue weighted by molar-refractivity contribution is 0.148. The molecule has 0 aliphatic heterocycles. The first-order chi connectivity index (χ1) is 13.6. The van der Waals surface area contributed by atoms with Gasteiger partial charge in [-0.2, -0.15) is 0 Å². The Labute approximate surface area is 171 Å². The van der Waals surface area contributed by atoms with E-state index < -0.39 is 0 Å². The van der Waals surface area contributed by atoms with Crippen molar-refractivity contribution in [1.82, 2.24) is 20.6 Å². The van der Waals surface area contributed by atoms with E-state index in [1.54, 1.807) is 18.4 Å². The number of thiazole rings is 1. The third-order valence-corrected chi connectivity index (χ3v) is 5.76. The second-order valence-corrected chi connectivity index (χ2v) is 8.42. The first kappa shape index (κ1) is 20.6. The van der Waals surface area contributed by atoms with E-state index in [4.69, 9.17) is 4.74 Å². The largest absolute Gasteiger partial charge is 0.474 e. The van der Waals surface area contributed by atoms with Gasteiger partial charge in [0.25, 0.3) is 0 Å². The van der Waals surface area contributed by atoms with E-state index >= 15 is 0 Å². The Morgan fingerprint density at radius 2 is 2.04 bits per heavy atom. The van der Waals surface area contributed by atoms with Crippen LogP contribution >= 0.6 is 11.3 Å². The highest BCUT2D eigenvalue weighted by molar-refractivity contribution is 7.09. The van der Waals surface area contributed by atoms with Crippen molar-refractivity contribution in [2.45, 2.75) is 71.1 Å². The van der Waals surface area contributed by atoms with Gasteiger partial charge < -0.3 is 15.4 Å². The molecular formula is C21H31N5OS. The third-order valence-electron chi connectivity index (χ3n) is 4.89. The van der Waals surface area contributed by atoms with Crippen LogP contribution in [-0.2, 0) is 13.1 Å².